The van der Waals surface area contributed by atoms with Gasteiger partial charge in [-0.25, -0.2) is 9.97 Å². The molecule has 1 atom stereocenters. The maximum Gasteiger partial charge on any atom is 0.244 e. The molecule has 26 heavy (non-hydrogen) atoms. The highest BCUT2D eigenvalue weighted by atomic mass is 16.2. The Morgan fingerprint density at radius 3 is 2.58 bits per heavy atom. The number of aryl methyl sites for hydroxylation is 2. The lowest BCUT2D eigenvalue weighted by molar-refractivity contribution is -0.131. The Bertz CT molecular complexity index is 771. The number of anilines is 2. The van der Waals surface area contributed by atoms with E-state index in [9.17, 15) is 4.79 Å². The molecule has 1 aromatic carbocycles. The van der Waals surface area contributed by atoms with Crippen LogP contribution >= 0.6 is 0 Å². The van der Waals surface area contributed by atoms with E-state index in [-0.39, 0.29) is 11.9 Å². The van der Waals surface area contributed by atoms with Gasteiger partial charge in [-0.3, -0.25) is 4.79 Å². The zero-order valence-electron chi connectivity index (χ0n) is 15.2. The van der Waals surface area contributed by atoms with E-state index in [0.29, 0.717) is 13.1 Å². The molecule has 1 fully saturated rings. The fourth-order valence-electron chi connectivity index (χ4n) is 3.83. The van der Waals surface area contributed by atoms with Crippen LogP contribution in [0, 0.1) is 0 Å². The summed E-state index contributed by atoms with van der Waals surface area (Å²) in [6, 6.07) is 8.08. The van der Waals surface area contributed by atoms with Gasteiger partial charge in [0.25, 0.3) is 0 Å². The normalized spacial score (nSPS) is 17.7. The van der Waals surface area contributed by atoms with Crippen molar-refractivity contribution in [3.63, 3.8) is 0 Å². The molecule has 0 spiro atoms. The lowest BCUT2D eigenvalue weighted by Crippen LogP contribution is -2.52. The second-order valence-electron chi connectivity index (χ2n) is 7.06. The molecule has 136 valence electrons. The molecular weight excluding hydrogens is 326 g/mol. The number of rotatable bonds is 4. The SMILES string of the molecule is CC(Nc1ccc2c(c1)CCC2)C(=O)N1CCN(c2ncccn2)CC1. The monoisotopic (exact) mass is 351 g/mol. The van der Waals surface area contributed by atoms with Gasteiger partial charge in [-0.15, -0.1) is 0 Å². The topological polar surface area (TPSA) is 61.4 Å². The minimum atomic E-state index is -0.228. The summed E-state index contributed by atoms with van der Waals surface area (Å²) in [5.41, 5.74) is 3.92. The van der Waals surface area contributed by atoms with Gasteiger partial charge in [-0.05, 0) is 55.5 Å². The Morgan fingerprint density at radius 2 is 1.81 bits per heavy atom. The molecule has 1 unspecified atom stereocenters. The summed E-state index contributed by atoms with van der Waals surface area (Å²) < 4.78 is 0. The van der Waals surface area contributed by atoms with E-state index in [1.807, 2.05) is 17.9 Å². The number of amides is 1. The van der Waals surface area contributed by atoms with Crippen LogP contribution in [0.3, 0.4) is 0 Å². The quantitative estimate of drug-likeness (QED) is 0.914. The average molecular weight is 351 g/mol. The van der Waals surface area contributed by atoms with Crippen molar-refractivity contribution in [2.24, 2.45) is 0 Å². The number of benzene rings is 1. The molecule has 2 aliphatic rings. The van der Waals surface area contributed by atoms with Crippen LogP contribution in [-0.4, -0.2) is 53.0 Å². The maximum atomic E-state index is 12.8. The summed E-state index contributed by atoms with van der Waals surface area (Å²) in [7, 11) is 0. The number of carbonyl (C=O) groups is 1. The molecule has 6 heteroatoms. The number of fused-ring (bicyclic) bond motifs is 1. The van der Waals surface area contributed by atoms with Crippen molar-refractivity contribution in [2.45, 2.75) is 32.2 Å². The van der Waals surface area contributed by atoms with E-state index in [1.54, 1.807) is 12.4 Å². The molecule has 1 aliphatic carbocycles. The molecule has 1 aromatic heterocycles. The Balaban J connectivity index is 1.33. The van der Waals surface area contributed by atoms with Gasteiger partial charge in [0.05, 0.1) is 0 Å². The highest BCUT2D eigenvalue weighted by Crippen LogP contribution is 2.25. The minimum absolute atomic E-state index is 0.152. The summed E-state index contributed by atoms with van der Waals surface area (Å²) in [6.45, 7) is 4.88. The molecule has 4 rings (SSSR count). The second kappa shape index (κ2) is 7.32. The molecule has 0 bridgehead atoms. The number of piperazine rings is 1. The van der Waals surface area contributed by atoms with Gasteiger partial charge in [0.15, 0.2) is 0 Å². The minimum Gasteiger partial charge on any atom is -0.374 e. The number of carbonyl (C=O) groups excluding carboxylic acids is 1. The van der Waals surface area contributed by atoms with Crippen LogP contribution in [0.2, 0.25) is 0 Å². The van der Waals surface area contributed by atoms with E-state index in [1.165, 1.54) is 24.0 Å². The zero-order valence-corrected chi connectivity index (χ0v) is 15.2. The molecule has 1 N–H and O–H groups in total. The van der Waals surface area contributed by atoms with Gasteiger partial charge in [0.1, 0.15) is 6.04 Å². The van der Waals surface area contributed by atoms with Crippen LogP contribution in [-0.2, 0) is 17.6 Å². The highest BCUT2D eigenvalue weighted by molar-refractivity contribution is 5.84. The maximum absolute atomic E-state index is 12.8. The molecule has 2 heterocycles. The summed E-state index contributed by atoms with van der Waals surface area (Å²) in [4.78, 5) is 25.4. The zero-order chi connectivity index (χ0) is 17.9. The molecule has 6 nitrogen and oxygen atoms in total. The average Bonchev–Trinajstić information content (AvgIpc) is 3.16. The van der Waals surface area contributed by atoms with Gasteiger partial charge in [-0.2, -0.15) is 0 Å². The van der Waals surface area contributed by atoms with Crippen LogP contribution in [0.1, 0.15) is 24.5 Å². The van der Waals surface area contributed by atoms with Crippen molar-refractivity contribution in [3.05, 3.63) is 47.8 Å². The number of nitrogens with one attached hydrogen (secondary N) is 1. The summed E-state index contributed by atoms with van der Waals surface area (Å²) in [5, 5.41) is 3.38. The molecular formula is C20H25N5O. The van der Waals surface area contributed by atoms with Crippen molar-refractivity contribution >= 4 is 17.5 Å². The molecule has 1 saturated heterocycles. The number of nitrogens with zero attached hydrogens (tertiary/aromatic N) is 4. The number of hydrogen-bond acceptors (Lipinski definition) is 5. The standard InChI is InChI=1S/C20H25N5O/c1-15(23-18-7-6-16-4-2-5-17(16)14-18)19(26)24-10-12-25(13-11-24)20-21-8-3-9-22-20/h3,6-9,14-15,23H,2,4-5,10-13H2,1H3. The van der Waals surface area contributed by atoms with Gasteiger partial charge in [-0.1, -0.05) is 6.07 Å². The summed E-state index contributed by atoms with van der Waals surface area (Å²) in [5.74, 6) is 0.892. The van der Waals surface area contributed by atoms with Crippen molar-refractivity contribution < 1.29 is 4.79 Å². The van der Waals surface area contributed by atoms with Gasteiger partial charge in [0, 0.05) is 44.3 Å². The predicted octanol–water partition coefficient (Wildman–Crippen LogP) is 2.11. The van der Waals surface area contributed by atoms with Crippen LogP contribution < -0.4 is 10.2 Å². The third kappa shape index (κ3) is 3.49. The van der Waals surface area contributed by atoms with Gasteiger partial charge < -0.3 is 15.1 Å². The van der Waals surface area contributed by atoms with Crippen molar-refractivity contribution in [2.75, 3.05) is 36.4 Å². The lowest BCUT2D eigenvalue weighted by Gasteiger charge is -2.36. The number of aromatic nitrogens is 2. The Hall–Kier alpha value is -2.63. The predicted molar refractivity (Wildman–Crippen MR) is 102 cm³/mol. The third-order valence-corrected chi connectivity index (χ3v) is 5.28. The summed E-state index contributed by atoms with van der Waals surface area (Å²) >= 11 is 0. The van der Waals surface area contributed by atoms with Crippen molar-refractivity contribution in [1.82, 2.24) is 14.9 Å². The fourth-order valence-corrected chi connectivity index (χ4v) is 3.83. The first kappa shape index (κ1) is 16.8. The van der Waals surface area contributed by atoms with E-state index >= 15 is 0 Å². The van der Waals surface area contributed by atoms with Crippen LogP contribution in [0.5, 0.6) is 0 Å². The Morgan fingerprint density at radius 1 is 1.08 bits per heavy atom. The van der Waals surface area contributed by atoms with Crippen LogP contribution in [0.4, 0.5) is 11.6 Å². The largest absolute Gasteiger partial charge is 0.374 e. The van der Waals surface area contributed by atoms with Crippen LogP contribution in [0.15, 0.2) is 36.7 Å². The van der Waals surface area contributed by atoms with Gasteiger partial charge in [0.2, 0.25) is 11.9 Å². The van der Waals surface area contributed by atoms with E-state index < -0.39 is 0 Å². The van der Waals surface area contributed by atoms with E-state index in [0.717, 1.165) is 31.1 Å². The Kier molecular flexibility index (Phi) is 4.73. The van der Waals surface area contributed by atoms with Crippen LogP contribution in [0.25, 0.3) is 0 Å². The van der Waals surface area contributed by atoms with E-state index in [4.69, 9.17) is 0 Å². The van der Waals surface area contributed by atoms with Crippen molar-refractivity contribution in [1.29, 1.82) is 0 Å². The second-order valence-corrected chi connectivity index (χ2v) is 7.06. The molecule has 1 amide bonds. The summed E-state index contributed by atoms with van der Waals surface area (Å²) in [6.07, 6.45) is 7.07. The lowest BCUT2D eigenvalue weighted by atomic mass is 10.1. The highest BCUT2D eigenvalue weighted by Gasteiger charge is 2.26. The smallest absolute Gasteiger partial charge is 0.244 e. The Labute approximate surface area is 154 Å². The molecule has 0 saturated carbocycles. The van der Waals surface area contributed by atoms with E-state index in [2.05, 4.69) is 38.4 Å². The fraction of sp³-hybridized carbons (Fsp3) is 0.450. The molecule has 2 aromatic rings. The molecule has 1 aliphatic heterocycles. The first-order valence-corrected chi connectivity index (χ1v) is 9.40. The van der Waals surface area contributed by atoms with Gasteiger partial charge >= 0.3 is 0 Å². The first-order valence-electron chi connectivity index (χ1n) is 9.40. The molecule has 0 radical (unpaired) electrons. The van der Waals surface area contributed by atoms with Crippen molar-refractivity contribution in [3.8, 4) is 0 Å². The number of hydrogen-bond donors (Lipinski definition) is 1. The third-order valence-electron chi connectivity index (χ3n) is 5.28. The first-order chi connectivity index (χ1) is 12.7.